The first-order valence-electron chi connectivity index (χ1n) is 3.14. The molecular formula is C7H8N2O. The molecule has 1 fully saturated rings. The van der Waals surface area contributed by atoms with Crippen molar-refractivity contribution in [2.24, 2.45) is 0 Å². The second kappa shape index (κ2) is 2.53. The van der Waals surface area contributed by atoms with Crippen molar-refractivity contribution in [2.75, 3.05) is 0 Å². The summed E-state index contributed by atoms with van der Waals surface area (Å²) in [6.45, 7) is 3.28. The molecule has 1 saturated carbocycles. The molecule has 0 bridgehead atoms. The van der Waals surface area contributed by atoms with E-state index in [-0.39, 0.29) is 11.5 Å². The zero-order chi connectivity index (χ0) is 7.56. The monoisotopic (exact) mass is 136 g/mol. The minimum atomic E-state index is -0.329. The van der Waals surface area contributed by atoms with Crippen molar-refractivity contribution in [3.05, 3.63) is 12.2 Å². The molecule has 52 valence electrons. The van der Waals surface area contributed by atoms with E-state index in [2.05, 4.69) is 11.9 Å². The summed E-state index contributed by atoms with van der Waals surface area (Å²) in [4.78, 5) is 10.8. The van der Waals surface area contributed by atoms with Gasteiger partial charge in [0.2, 0.25) is 0 Å². The van der Waals surface area contributed by atoms with Gasteiger partial charge in [-0.05, 0) is 12.8 Å². The summed E-state index contributed by atoms with van der Waals surface area (Å²) in [5.74, 6) is -0.329. The van der Waals surface area contributed by atoms with Crippen LogP contribution in [0.4, 0.5) is 0 Å². The molecule has 3 nitrogen and oxygen atoms in total. The summed E-state index contributed by atoms with van der Waals surface area (Å²) in [5, 5.41) is 10.9. The zero-order valence-electron chi connectivity index (χ0n) is 5.55. The van der Waals surface area contributed by atoms with Gasteiger partial charge in [0.1, 0.15) is 11.6 Å². The maximum absolute atomic E-state index is 10.8. The van der Waals surface area contributed by atoms with Crippen LogP contribution in [0.1, 0.15) is 12.8 Å². The Balaban J connectivity index is 2.34. The zero-order valence-corrected chi connectivity index (χ0v) is 5.55. The molecule has 0 saturated heterocycles. The molecule has 0 spiro atoms. The molecule has 1 aliphatic rings. The minimum Gasteiger partial charge on any atom is -0.349 e. The highest BCUT2D eigenvalue weighted by molar-refractivity contribution is 5.96. The van der Waals surface area contributed by atoms with Gasteiger partial charge in [0.25, 0.3) is 5.91 Å². The van der Waals surface area contributed by atoms with Crippen LogP contribution in [0, 0.1) is 11.3 Å². The molecule has 0 aromatic carbocycles. The smallest absolute Gasteiger partial charge is 0.261 e. The van der Waals surface area contributed by atoms with Gasteiger partial charge in [-0.15, -0.1) is 0 Å². The van der Waals surface area contributed by atoms with E-state index in [0.717, 1.165) is 12.8 Å². The second-order valence-electron chi connectivity index (χ2n) is 2.34. The highest BCUT2D eigenvalue weighted by Crippen LogP contribution is 2.18. The van der Waals surface area contributed by atoms with Crippen LogP contribution in [0.3, 0.4) is 0 Å². The van der Waals surface area contributed by atoms with Gasteiger partial charge in [0, 0.05) is 6.04 Å². The van der Waals surface area contributed by atoms with Crippen molar-refractivity contribution in [1.82, 2.24) is 5.32 Å². The first-order valence-corrected chi connectivity index (χ1v) is 3.14. The molecule has 0 atom stereocenters. The summed E-state index contributed by atoms with van der Waals surface area (Å²) in [5.41, 5.74) is -0.00750. The van der Waals surface area contributed by atoms with Crippen LogP contribution >= 0.6 is 0 Å². The topological polar surface area (TPSA) is 52.9 Å². The number of nitrogens with zero attached hydrogens (tertiary/aromatic N) is 1. The van der Waals surface area contributed by atoms with Gasteiger partial charge in [-0.3, -0.25) is 4.79 Å². The Labute approximate surface area is 59.3 Å². The third kappa shape index (κ3) is 1.59. The van der Waals surface area contributed by atoms with E-state index in [1.54, 1.807) is 6.07 Å². The quantitative estimate of drug-likeness (QED) is 0.439. The van der Waals surface area contributed by atoms with Crippen molar-refractivity contribution in [3.8, 4) is 6.07 Å². The molecular weight excluding hydrogens is 128 g/mol. The molecule has 1 amide bonds. The van der Waals surface area contributed by atoms with Gasteiger partial charge in [-0.25, -0.2) is 0 Å². The Bertz CT molecular complexity index is 210. The number of carbonyl (C=O) groups excluding carboxylic acids is 1. The van der Waals surface area contributed by atoms with Gasteiger partial charge in [-0.1, -0.05) is 6.58 Å². The highest BCUT2D eigenvalue weighted by atomic mass is 16.1. The molecule has 0 heterocycles. The van der Waals surface area contributed by atoms with Crippen LogP contribution in [0.25, 0.3) is 0 Å². The predicted octanol–water partition coefficient (Wildman–Crippen LogP) is 0.345. The van der Waals surface area contributed by atoms with E-state index in [0.29, 0.717) is 6.04 Å². The molecule has 0 aromatic heterocycles. The summed E-state index contributed by atoms with van der Waals surface area (Å²) in [6.07, 6.45) is 2.06. The third-order valence-electron chi connectivity index (χ3n) is 1.32. The van der Waals surface area contributed by atoms with Gasteiger partial charge in [0.15, 0.2) is 0 Å². The van der Waals surface area contributed by atoms with Gasteiger partial charge < -0.3 is 5.32 Å². The van der Waals surface area contributed by atoms with Crippen LogP contribution in [0.2, 0.25) is 0 Å². The number of nitrogens with one attached hydrogen (secondary N) is 1. The lowest BCUT2D eigenvalue weighted by atomic mass is 10.3. The van der Waals surface area contributed by atoms with Crippen LogP contribution in [0.5, 0.6) is 0 Å². The number of nitriles is 1. The fourth-order valence-electron chi connectivity index (χ4n) is 0.551. The lowest BCUT2D eigenvalue weighted by Gasteiger charge is -1.97. The molecule has 0 aromatic rings. The molecule has 0 radical (unpaired) electrons. The largest absolute Gasteiger partial charge is 0.349 e. The van der Waals surface area contributed by atoms with Crippen molar-refractivity contribution < 1.29 is 4.79 Å². The Hall–Kier alpha value is -1.30. The lowest BCUT2D eigenvalue weighted by molar-refractivity contribution is -0.117. The highest BCUT2D eigenvalue weighted by Gasteiger charge is 2.23. The first-order chi connectivity index (χ1) is 4.74. The maximum Gasteiger partial charge on any atom is 0.261 e. The molecule has 1 aliphatic carbocycles. The van der Waals surface area contributed by atoms with Crippen LogP contribution < -0.4 is 5.32 Å². The average molecular weight is 136 g/mol. The van der Waals surface area contributed by atoms with E-state index in [1.165, 1.54) is 0 Å². The molecule has 1 rings (SSSR count). The Morgan fingerprint density at radius 3 is 2.70 bits per heavy atom. The normalized spacial score (nSPS) is 15.5. The molecule has 0 unspecified atom stereocenters. The molecule has 10 heavy (non-hydrogen) atoms. The van der Waals surface area contributed by atoms with Crippen molar-refractivity contribution in [1.29, 1.82) is 5.26 Å². The predicted molar refractivity (Wildman–Crippen MR) is 35.9 cm³/mol. The number of rotatable bonds is 2. The Kier molecular flexibility index (Phi) is 1.72. The summed E-state index contributed by atoms with van der Waals surface area (Å²) < 4.78 is 0. The van der Waals surface area contributed by atoms with Crippen LogP contribution in [0.15, 0.2) is 12.2 Å². The van der Waals surface area contributed by atoms with Crippen LogP contribution in [-0.4, -0.2) is 11.9 Å². The SMILES string of the molecule is C=C(C#N)C(=O)NC1CC1. The van der Waals surface area contributed by atoms with Crippen LogP contribution in [-0.2, 0) is 4.79 Å². The Morgan fingerprint density at radius 2 is 2.30 bits per heavy atom. The fourth-order valence-corrected chi connectivity index (χ4v) is 0.551. The number of hydrogen-bond donors (Lipinski definition) is 1. The molecule has 3 heteroatoms. The van der Waals surface area contributed by atoms with E-state index < -0.39 is 0 Å². The number of carbonyl (C=O) groups is 1. The van der Waals surface area contributed by atoms with Gasteiger partial charge >= 0.3 is 0 Å². The fraction of sp³-hybridized carbons (Fsp3) is 0.429. The van der Waals surface area contributed by atoms with Crippen molar-refractivity contribution in [2.45, 2.75) is 18.9 Å². The summed E-state index contributed by atoms with van der Waals surface area (Å²) in [7, 11) is 0. The Morgan fingerprint density at radius 1 is 1.70 bits per heavy atom. The third-order valence-corrected chi connectivity index (χ3v) is 1.32. The number of hydrogen-bond acceptors (Lipinski definition) is 2. The second-order valence-corrected chi connectivity index (χ2v) is 2.34. The van der Waals surface area contributed by atoms with Crippen molar-refractivity contribution in [3.63, 3.8) is 0 Å². The van der Waals surface area contributed by atoms with Crippen molar-refractivity contribution >= 4 is 5.91 Å². The summed E-state index contributed by atoms with van der Waals surface area (Å²) >= 11 is 0. The van der Waals surface area contributed by atoms with Gasteiger partial charge in [-0.2, -0.15) is 5.26 Å². The average Bonchev–Trinajstić information content (AvgIpc) is 2.70. The standard InChI is InChI=1S/C7H8N2O/c1-5(4-8)7(10)9-6-2-3-6/h6H,1-3H2,(H,9,10). The minimum absolute atomic E-state index is 0.00750. The molecule has 1 N–H and O–H groups in total. The van der Waals surface area contributed by atoms with E-state index >= 15 is 0 Å². The van der Waals surface area contributed by atoms with E-state index in [9.17, 15) is 4.79 Å². The maximum atomic E-state index is 10.8. The summed E-state index contributed by atoms with van der Waals surface area (Å²) in [6, 6.07) is 1.99. The lowest BCUT2D eigenvalue weighted by Crippen LogP contribution is -2.25. The van der Waals surface area contributed by atoms with E-state index in [1.807, 2.05) is 0 Å². The number of amides is 1. The van der Waals surface area contributed by atoms with E-state index in [4.69, 9.17) is 5.26 Å². The van der Waals surface area contributed by atoms with Gasteiger partial charge in [0.05, 0.1) is 0 Å². The first kappa shape index (κ1) is 6.81. The molecule has 0 aliphatic heterocycles.